The number of aryl methyl sites for hydroxylation is 1. The van der Waals surface area contributed by atoms with Crippen LogP contribution in [0, 0.1) is 0 Å². The number of aromatic nitrogens is 2. The van der Waals surface area contributed by atoms with Gasteiger partial charge < -0.3 is 30.7 Å². The number of nitrogens with zero attached hydrogens (tertiary/aromatic N) is 4. The Morgan fingerprint density at radius 1 is 1.10 bits per heavy atom. The minimum atomic E-state index is -0.620. The molecule has 40 heavy (non-hydrogen) atoms. The molecule has 2 aromatic carbocycles. The van der Waals surface area contributed by atoms with Gasteiger partial charge in [0.25, 0.3) is 5.91 Å². The van der Waals surface area contributed by atoms with Crippen molar-refractivity contribution in [3.05, 3.63) is 59.9 Å². The minimum Gasteiger partial charge on any atom is -0.489 e. The summed E-state index contributed by atoms with van der Waals surface area (Å²) in [5.41, 5.74) is 8.39. The van der Waals surface area contributed by atoms with E-state index in [-0.39, 0.29) is 17.8 Å². The molecule has 11 heteroatoms. The molecular formula is C29H35N7O3S. The Bertz CT molecular complexity index is 1350. The molecule has 2 saturated heterocycles. The summed E-state index contributed by atoms with van der Waals surface area (Å²) in [6.07, 6.45) is 2.42. The van der Waals surface area contributed by atoms with Gasteiger partial charge in [0.1, 0.15) is 12.4 Å². The summed E-state index contributed by atoms with van der Waals surface area (Å²) >= 11 is 1.80. The molecule has 4 heterocycles. The lowest BCUT2D eigenvalue weighted by molar-refractivity contribution is 0.0903. The number of piperazine rings is 1. The van der Waals surface area contributed by atoms with Crippen LogP contribution in [0.15, 0.2) is 53.4 Å². The molecule has 1 unspecified atom stereocenters. The van der Waals surface area contributed by atoms with E-state index >= 15 is 0 Å². The number of nitrogens with one attached hydrogen (secondary N) is 2. The van der Waals surface area contributed by atoms with Gasteiger partial charge in [-0.25, -0.2) is 14.3 Å². The highest BCUT2D eigenvalue weighted by Gasteiger charge is 2.33. The average molecular weight is 562 g/mol. The van der Waals surface area contributed by atoms with E-state index in [2.05, 4.69) is 55.2 Å². The largest absolute Gasteiger partial charge is 0.489 e. The van der Waals surface area contributed by atoms with Crippen molar-refractivity contribution >= 4 is 40.9 Å². The quantitative estimate of drug-likeness (QED) is 0.348. The SMILES string of the molecule is CCc1nc(C(N)=O)c(Nc2ccc3c(c2)OCC2CN(Sc4ccccc4)CCN32)nc1NC1CCOCC1. The van der Waals surface area contributed by atoms with Crippen molar-refractivity contribution in [3.8, 4) is 5.75 Å². The molecule has 3 aliphatic heterocycles. The number of primary amides is 1. The van der Waals surface area contributed by atoms with Crippen LogP contribution in [0.5, 0.6) is 5.75 Å². The topological polar surface area (TPSA) is 118 Å². The van der Waals surface area contributed by atoms with Gasteiger partial charge >= 0.3 is 0 Å². The first-order chi connectivity index (χ1) is 19.6. The molecule has 6 rings (SSSR count). The van der Waals surface area contributed by atoms with E-state index in [1.54, 1.807) is 11.9 Å². The van der Waals surface area contributed by atoms with Gasteiger partial charge in [0.15, 0.2) is 17.3 Å². The third kappa shape index (κ3) is 5.81. The van der Waals surface area contributed by atoms with E-state index in [0.29, 0.717) is 37.9 Å². The fourth-order valence-corrected chi connectivity index (χ4v) is 6.39. The summed E-state index contributed by atoms with van der Waals surface area (Å²) in [6.45, 7) is 6.83. The summed E-state index contributed by atoms with van der Waals surface area (Å²) in [5.74, 6) is 1.19. The number of hydrogen-bond donors (Lipinski definition) is 3. The Morgan fingerprint density at radius 2 is 1.93 bits per heavy atom. The Kier molecular flexibility index (Phi) is 7.94. The van der Waals surface area contributed by atoms with Crippen molar-refractivity contribution in [2.45, 2.75) is 43.2 Å². The monoisotopic (exact) mass is 561 g/mol. The number of amides is 1. The summed E-state index contributed by atoms with van der Waals surface area (Å²) in [5, 5.41) is 6.80. The summed E-state index contributed by atoms with van der Waals surface area (Å²) < 4.78 is 14.1. The van der Waals surface area contributed by atoms with E-state index < -0.39 is 5.91 Å². The highest BCUT2D eigenvalue weighted by atomic mass is 32.2. The van der Waals surface area contributed by atoms with Gasteiger partial charge in [0.2, 0.25) is 0 Å². The lowest BCUT2D eigenvalue weighted by atomic mass is 10.1. The number of carbonyl (C=O) groups excluding carboxylic acids is 1. The maximum atomic E-state index is 12.3. The van der Waals surface area contributed by atoms with Gasteiger partial charge in [-0.05, 0) is 55.5 Å². The van der Waals surface area contributed by atoms with Gasteiger partial charge in [-0.15, -0.1) is 0 Å². The molecule has 10 nitrogen and oxygen atoms in total. The molecule has 1 amide bonds. The molecule has 1 atom stereocenters. The van der Waals surface area contributed by atoms with Crippen LogP contribution in [-0.2, 0) is 11.2 Å². The first kappa shape index (κ1) is 26.7. The molecule has 0 bridgehead atoms. The van der Waals surface area contributed by atoms with Crippen molar-refractivity contribution < 1.29 is 14.3 Å². The number of rotatable bonds is 8. The Hall–Kier alpha value is -3.54. The minimum absolute atomic E-state index is 0.125. The normalized spacial score (nSPS) is 19.3. The summed E-state index contributed by atoms with van der Waals surface area (Å²) in [6, 6.07) is 17.0. The zero-order chi connectivity index (χ0) is 27.5. The fraction of sp³-hybridized carbons (Fsp3) is 0.414. The zero-order valence-corrected chi connectivity index (χ0v) is 23.5. The number of benzene rings is 2. The highest BCUT2D eigenvalue weighted by Crippen LogP contribution is 2.39. The van der Waals surface area contributed by atoms with E-state index in [9.17, 15) is 4.79 Å². The number of fused-ring (bicyclic) bond motifs is 3. The molecular weight excluding hydrogens is 526 g/mol. The lowest BCUT2D eigenvalue weighted by Crippen LogP contribution is -2.55. The number of anilines is 4. The molecule has 3 aliphatic rings. The second kappa shape index (κ2) is 11.9. The third-order valence-electron chi connectivity index (χ3n) is 7.48. The molecule has 0 aliphatic carbocycles. The van der Waals surface area contributed by atoms with Crippen molar-refractivity contribution in [3.63, 3.8) is 0 Å². The van der Waals surface area contributed by atoms with Crippen LogP contribution in [0.1, 0.15) is 35.9 Å². The predicted molar refractivity (Wildman–Crippen MR) is 158 cm³/mol. The standard InChI is InChI=1S/C29H35N7O3S/c1-2-23-28(31-19-10-14-38-15-11-19)34-29(26(33-23)27(30)37)32-20-8-9-24-25(16-20)39-18-21-17-35(12-13-36(21)24)40-22-6-4-3-5-7-22/h3-9,16,19,21H,2,10-15,17-18H2,1H3,(H2,30,37)(H2,31,32,34). The van der Waals surface area contributed by atoms with Crippen LogP contribution in [-0.4, -0.2) is 71.7 Å². The zero-order valence-electron chi connectivity index (χ0n) is 22.6. The van der Waals surface area contributed by atoms with Gasteiger partial charge in [0, 0.05) is 55.5 Å². The maximum Gasteiger partial charge on any atom is 0.271 e. The Balaban J connectivity index is 1.19. The van der Waals surface area contributed by atoms with Crippen LogP contribution >= 0.6 is 11.9 Å². The summed E-state index contributed by atoms with van der Waals surface area (Å²) in [4.78, 5) is 25.4. The van der Waals surface area contributed by atoms with Gasteiger partial charge in [-0.3, -0.25) is 4.79 Å². The van der Waals surface area contributed by atoms with Crippen LogP contribution in [0.2, 0.25) is 0 Å². The Labute approximate surface area is 238 Å². The number of nitrogens with two attached hydrogens (primary N) is 1. The van der Waals surface area contributed by atoms with E-state index in [0.717, 1.165) is 55.3 Å². The Morgan fingerprint density at radius 3 is 2.70 bits per heavy atom. The first-order valence-electron chi connectivity index (χ1n) is 13.9. The van der Waals surface area contributed by atoms with Crippen LogP contribution < -0.4 is 26.0 Å². The van der Waals surface area contributed by atoms with Crippen molar-refractivity contribution in [2.24, 2.45) is 5.73 Å². The van der Waals surface area contributed by atoms with Gasteiger partial charge in [0.05, 0.1) is 17.4 Å². The highest BCUT2D eigenvalue weighted by molar-refractivity contribution is 7.97. The second-order valence-corrected chi connectivity index (χ2v) is 11.4. The molecule has 1 aromatic heterocycles. The van der Waals surface area contributed by atoms with Gasteiger partial charge in [-0.2, -0.15) is 0 Å². The fourth-order valence-electron chi connectivity index (χ4n) is 5.39. The van der Waals surface area contributed by atoms with Crippen molar-refractivity contribution in [1.29, 1.82) is 0 Å². The maximum absolute atomic E-state index is 12.3. The smallest absolute Gasteiger partial charge is 0.271 e. The summed E-state index contributed by atoms with van der Waals surface area (Å²) in [7, 11) is 0. The lowest BCUT2D eigenvalue weighted by Gasteiger charge is -2.45. The first-order valence-corrected chi connectivity index (χ1v) is 14.7. The van der Waals surface area contributed by atoms with E-state index in [4.69, 9.17) is 20.2 Å². The number of ether oxygens (including phenoxy) is 2. The van der Waals surface area contributed by atoms with Crippen LogP contribution in [0.4, 0.5) is 23.0 Å². The average Bonchev–Trinajstić information content (AvgIpc) is 2.98. The van der Waals surface area contributed by atoms with Crippen LogP contribution in [0.3, 0.4) is 0 Å². The second-order valence-electron chi connectivity index (χ2n) is 10.2. The molecule has 0 saturated carbocycles. The predicted octanol–water partition coefficient (Wildman–Crippen LogP) is 4.06. The molecule has 3 aromatic rings. The molecule has 0 radical (unpaired) electrons. The molecule has 4 N–H and O–H groups in total. The molecule has 2 fully saturated rings. The van der Waals surface area contributed by atoms with Crippen molar-refractivity contribution in [2.75, 3.05) is 55.0 Å². The van der Waals surface area contributed by atoms with E-state index in [1.165, 1.54) is 4.90 Å². The molecule has 0 spiro atoms. The number of hydrogen-bond acceptors (Lipinski definition) is 10. The van der Waals surface area contributed by atoms with E-state index in [1.807, 2.05) is 25.1 Å². The number of carbonyl (C=O) groups is 1. The van der Waals surface area contributed by atoms with Gasteiger partial charge in [-0.1, -0.05) is 25.1 Å². The third-order valence-corrected chi connectivity index (χ3v) is 8.56. The molecule has 210 valence electrons. The van der Waals surface area contributed by atoms with Crippen molar-refractivity contribution in [1.82, 2.24) is 14.3 Å². The van der Waals surface area contributed by atoms with Crippen LogP contribution in [0.25, 0.3) is 0 Å².